The van der Waals surface area contributed by atoms with Gasteiger partial charge in [0.1, 0.15) is 17.9 Å². The molecule has 4 nitrogen and oxygen atoms in total. The van der Waals surface area contributed by atoms with Gasteiger partial charge in [-0.15, -0.1) is 0 Å². The number of amides is 1. The molecule has 16 heavy (non-hydrogen) atoms. The fourth-order valence-corrected chi connectivity index (χ4v) is 2.29. The number of para-hydroxylation sites is 1. The molecule has 2 N–H and O–H groups in total. The van der Waals surface area contributed by atoms with Crippen LogP contribution in [0.3, 0.4) is 0 Å². The highest BCUT2D eigenvalue weighted by atomic mass is 16.5. The van der Waals surface area contributed by atoms with Crippen molar-refractivity contribution >= 4 is 5.91 Å². The first-order chi connectivity index (χ1) is 7.74. The Morgan fingerprint density at radius 3 is 2.94 bits per heavy atom. The molecule has 1 fully saturated rings. The Hall–Kier alpha value is -1.55. The smallest absolute Gasteiger partial charge is 0.241 e. The average Bonchev–Trinajstić information content (AvgIpc) is 2.70. The fourth-order valence-electron chi connectivity index (χ4n) is 2.29. The molecular formula is C12H14N2O2. The van der Waals surface area contributed by atoms with Crippen LogP contribution in [0.15, 0.2) is 24.3 Å². The van der Waals surface area contributed by atoms with Gasteiger partial charge in [-0.3, -0.25) is 4.79 Å². The van der Waals surface area contributed by atoms with Gasteiger partial charge in [0, 0.05) is 13.0 Å². The van der Waals surface area contributed by atoms with E-state index < -0.39 is 0 Å². The topological polar surface area (TPSA) is 55.6 Å². The van der Waals surface area contributed by atoms with Crippen LogP contribution in [0.25, 0.3) is 0 Å². The minimum atomic E-state index is -0.288. The van der Waals surface area contributed by atoms with E-state index in [0.29, 0.717) is 13.1 Å². The lowest BCUT2D eigenvalue weighted by Crippen LogP contribution is -2.62. The molecule has 3 rings (SSSR count). The molecule has 1 aromatic rings. The third-order valence-corrected chi connectivity index (χ3v) is 3.18. The molecule has 0 aliphatic carbocycles. The second-order valence-corrected chi connectivity index (χ2v) is 4.40. The molecule has 1 amide bonds. The van der Waals surface area contributed by atoms with Crippen molar-refractivity contribution in [3.8, 4) is 5.75 Å². The summed E-state index contributed by atoms with van der Waals surface area (Å²) in [6, 6.07) is 7.72. The molecule has 2 heterocycles. The summed E-state index contributed by atoms with van der Waals surface area (Å²) in [7, 11) is 0. The number of hydrogen-bond acceptors (Lipinski definition) is 3. The van der Waals surface area contributed by atoms with Crippen LogP contribution < -0.4 is 10.5 Å². The number of fused-ring (bicyclic) bond motifs is 1. The van der Waals surface area contributed by atoms with Crippen molar-refractivity contribution < 1.29 is 9.53 Å². The third-order valence-electron chi connectivity index (χ3n) is 3.18. The highest BCUT2D eigenvalue weighted by molar-refractivity contribution is 5.87. The predicted molar refractivity (Wildman–Crippen MR) is 59.1 cm³/mol. The summed E-state index contributed by atoms with van der Waals surface area (Å²) in [6.07, 6.45) is 0.976. The number of likely N-dealkylation sites (tertiary alicyclic amines) is 1. The van der Waals surface area contributed by atoms with Gasteiger partial charge >= 0.3 is 0 Å². The zero-order valence-electron chi connectivity index (χ0n) is 8.93. The maximum atomic E-state index is 11.4. The van der Waals surface area contributed by atoms with Crippen LogP contribution in [-0.2, 0) is 11.2 Å². The minimum absolute atomic E-state index is 0.0413. The van der Waals surface area contributed by atoms with Gasteiger partial charge in [-0.2, -0.15) is 0 Å². The second-order valence-electron chi connectivity index (χ2n) is 4.40. The second kappa shape index (κ2) is 3.49. The number of ether oxygens (including phenoxy) is 1. The van der Waals surface area contributed by atoms with Crippen LogP contribution in [0.5, 0.6) is 5.75 Å². The summed E-state index contributed by atoms with van der Waals surface area (Å²) in [5.41, 5.74) is 6.77. The molecule has 2 atom stereocenters. The summed E-state index contributed by atoms with van der Waals surface area (Å²) in [6.45, 7) is 1.32. The van der Waals surface area contributed by atoms with Crippen LogP contribution in [0.2, 0.25) is 0 Å². The van der Waals surface area contributed by atoms with Crippen molar-refractivity contribution in [2.24, 2.45) is 5.73 Å². The molecule has 0 bridgehead atoms. The quantitative estimate of drug-likeness (QED) is 0.719. The number of carbonyl (C=O) groups excluding carboxylic acids is 1. The van der Waals surface area contributed by atoms with E-state index >= 15 is 0 Å². The molecule has 0 radical (unpaired) electrons. The van der Waals surface area contributed by atoms with E-state index in [4.69, 9.17) is 10.5 Å². The van der Waals surface area contributed by atoms with Crippen LogP contribution in [0.4, 0.5) is 0 Å². The number of benzene rings is 1. The van der Waals surface area contributed by atoms with E-state index in [9.17, 15) is 4.79 Å². The molecule has 0 saturated carbocycles. The Labute approximate surface area is 94.0 Å². The van der Waals surface area contributed by atoms with Crippen LogP contribution in [0, 0.1) is 0 Å². The van der Waals surface area contributed by atoms with Gasteiger partial charge in [-0.05, 0) is 11.6 Å². The molecule has 4 heteroatoms. The maximum absolute atomic E-state index is 11.4. The summed E-state index contributed by atoms with van der Waals surface area (Å²) in [5.74, 6) is 0.990. The van der Waals surface area contributed by atoms with Gasteiger partial charge in [-0.1, -0.05) is 18.2 Å². The third kappa shape index (κ3) is 1.46. The molecule has 2 aliphatic rings. The fraction of sp³-hybridized carbons (Fsp3) is 0.417. The van der Waals surface area contributed by atoms with Crippen molar-refractivity contribution in [2.75, 3.05) is 13.1 Å². The molecule has 2 aliphatic heterocycles. The molecule has 0 aromatic heterocycles. The SMILES string of the molecule is NC1CN(CC2Cc3ccccc3O2)C1=O. The highest BCUT2D eigenvalue weighted by Crippen LogP contribution is 2.29. The molecule has 1 aromatic carbocycles. The van der Waals surface area contributed by atoms with E-state index in [1.807, 2.05) is 18.2 Å². The van der Waals surface area contributed by atoms with Gasteiger partial charge in [0.05, 0.1) is 6.54 Å². The summed E-state index contributed by atoms with van der Waals surface area (Å²) in [5, 5.41) is 0. The summed E-state index contributed by atoms with van der Waals surface area (Å²) < 4.78 is 5.76. The van der Waals surface area contributed by atoms with Crippen LogP contribution in [-0.4, -0.2) is 36.0 Å². The Kier molecular flexibility index (Phi) is 2.11. The Morgan fingerprint density at radius 1 is 1.44 bits per heavy atom. The zero-order valence-corrected chi connectivity index (χ0v) is 8.93. The molecule has 84 valence electrons. The van der Waals surface area contributed by atoms with E-state index in [1.54, 1.807) is 4.90 Å². The predicted octanol–water partition coefficient (Wildman–Crippen LogP) is 0.160. The number of nitrogens with two attached hydrogens (primary N) is 1. The van der Waals surface area contributed by atoms with Crippen molar-refractivity contribution in [1.82, 2.24) is 4.90 Å². The lowest BCUT2D eigenvalue weighted by Gasteiger charge is -2.37. The van der Waals surface area contributed by atoms with Crippen molar-refractivity contribution in [2.45, 2.75) is 18.6 Å². The Bertz CT molecular complexity index is 408. The summed E-state index contributed by atoms with van der Waals surface area (Å²) in [4.78, 5) is 13.1. The van der Waals surface area contributed by atoms with Crippen molar-refractivity contribution in [3.63, 3.8) is 0 Å². The van der Waals surface area contributed by atoms with E-state index in [-0.39, 0.29) is 18.1 Å². The standard InChI is InChI=1S/C12H14N2O2/c13-10-7-14(12(10)15)6-9-5-8-3-1-2-4-11(8)16-9/h1-4,9-10H,5-7,13H2. The van der Waals surface area contributed by atoms with Crippen molar-refractivity contribution in [3.05, 3.63) is 29.8 Å². The normalized spacial score (nSPS) is 27.3. The number of carbonyl (C=O) groups is 1. The molecule has 0 spiro atoms. The first-order valence-corrected chi connectivity index (χ1v) is 5.53. The van der Waals surface area contributed by atoms with Gasteiger partial charge < -0.3 is 15.4 Å². The molecule has 2 unspecified atom stereocenters. The first-order valence-electron chi connectivity index (χ1n) is 5.53. The van der Waals surface area contributed by atoms with Gasteiger partial charge in [0.2, 0.25) is 5.91 Å². The Balaban J connectivity index is 1.63. The number of rotatable bonds is 2. The number of hydrogen-bond donors (Lipinski definition) is 1. The zero-order chi connectivity index (χ0) is 11.1. The largest absolute Gasteiger partial charge is 0.488 e. The first kappa shape index (κ1) is 9.66. The van der Waals surface area contributed by atoms with Gasteiger partial charge in [-0.25, -0.2) is 0 Å². The minimum Gasteiger partial charge on any atom is -0.488 e. The monoisotopic (exact) mass is 218 g/mol. The maximum Gasteiger partial charge on any atom is 0.241 e. The average molecular weight is 218 g/mol. The van der Waals surface area contributed by atoms with Crippen molar-refractivity contribution in [1.29, 1.82) is 0 Å². The molecular weight excluding hydrogens is 204 g/mol. The van der Waals surface area contributed by atoms with Gasteiger partial charge in [0.25, 0.3) is 0 Å². The van der Waals surface area contributed by atoms with Crippen LogP contribution >= 0.6 is 0 Å². The highest BCUT2D eigenvalue weighted by Gasteiger charge is 2.36. The number of nitrogens with zero attached hydrogens (tertiary/aromatic N) is 1. The molecule has 1 saturated heterocycles. The van der Waals surface area contributed by atoms with Gasteiger partial charge in [0.15, 0.2) is 0 Å². The van der Waals surface area contributed by atoms with E-state index in [2.05, 4.69) is 6.07 Å². The van der Waals surface area contributed by atoms with E-state index in [0.717, 1.165) is 12.2 Å². The Morgan fingerprint density at radius 2 is 2.25 bits per heavy atom. The lowest BCUT2D eigenvalue weighted by molar-refractivity contribution is -0.143. The lowest BCUT2D eigenvalue weighted by atomic mass is 10.1. The number of β-lactam (4-membered cyclic amide) rings is 1. The summed E-state index contributed by atoms with van der Waals surface area (Å²) >= 11 is 0. The van der Waals surface area contributed by atoms with E-state index in [1.165, 1.54) is 5.56 Å². The van der Waals surface area contributed by atoms with Crippen LogP contribution in [0.1, 0.15) is 5.56 Å².